The highest BCUT2D eigenvalue weighted by Gasteiger charge is 2.33. The molecule has 0 unspecified atom stereocenters. The number of hydrogen-bond donors (Lipinski definition) is 3. The number of carbonyl (C=O) groups excluding carboxylic acids is 1. The molecule has 2 aromatic rings. The van der Waals surface area contributed by atoms with E-state index in [1.807, 2.05) is 0 Å². The predicted molar refractivity (Wildman–Crippen MR) is 124 cm³/mol. The molecule has 2 aliphatic rings. The van der Waals surface area contributed by atoms with E-state index in [4.69, 9.17) is 9.84 Å². The minimum absolute atomic E-state index is 0.0114. The van der Waals surface area contributed by atoms with Crippen LogP contribution < -0.4 is 20.3 Å². The van der Waals surface area contributed by atoms with Gasteiger partial charge in [0.1, 0.15) is 6.10 Å². The van der Waals surface area contributed by atoms with E-state index in [1.54, 1.807) is 12.3 Å². The van der Waals surface area contributed by atoms with E-state index >= 15 is 0 Å². The number of ether oxygens (including phenoxy) is 1. The van der Waals surface area contributed by atoms with E-state index in [0.29, 0.717) is 24.7 Å². The Labute approximate surface area is 201 Å². The molecule has 190 valence electrons. The fraction of sp³-hybridized carbons (Fsp3) is 0.542. The summed E-state index contributed by atoms with van der Waals surface area (Å²) in [7, 11) is 0. The van der Waals surface area contributed by atoms with Crippen LogP contribution in [0.3, 0.4) is 0 Å². The Balaban J connectivity index is 1.25. The number of carbonyl (C=O) groups is 1. The number of rotatable bonds is 6. The third-order valence-corrected chi connectivity index (χ3v) is 6.40. The van der Waals surface area contributed by atoms with Gasteiger partial charge in [0.25, 0.3) is 0 Å². The number of amides is 2. The molecule has 1 aliphatic heterocycles. The lowest BCUT2D eigenvalue weighted by Crippen LogP contribution is -2.41. The molecule has 8 nitrogen and oxygen atoms in total. The lowest BCUT2D eigenvalue weighted by molar-refractivity contribution is -0.138. The van der Waals surface area contributed by atoms with E-state index in [-0.39, 0.29) is 23.4 Å². The summed E-state index contributed by atoms with van der Waals surface area (Å²) < 4.78 is 45.6. The molecule has 1 saturated heterocycles. The quantitative estimate of drug-likeness (QED) is 0.549. The van der Waals surface area contributed by atoms with Gasteiger partial charge in [-0.05, 0) is 62.6 Å². The van der Waals surface area contributed by atoms with Gasteiger partial charge in [-0.1, -0.05) is 6.07 Å². The first-order chi connectivity index (χ1) is 16.8. The highest BCUT2D eigenvalue weighted by Crippen LogP contribution is 2.34. The normalized spacial score (nSPS) is 20.9. The summed E-state index contributed by atoms with van der Waals surface area (Å²) in [6.07, 6.45) is 3.36. The van der Waals surface area contributed by atoms with Gasteiger partial charge in [-0.25, -0.2) is 9.78 Å². The number of nitrogens with zero attached hydrogens (tertiary/aromatic N) is 3. The van der Waals surface area contributed by atoms with Gasteiger partial charge in [0.05, 0.1) is 12.2 Å². The summed E-state index contributed by atoms with van der Waals surface area (Å²) >= 11 is 0. The highest BCUT2D eigenvalue weighted by molar-refractivity contribution is 5.89. The van der Waals surface area contributed by atoms with Gasteiger partial charge in [0, 0.05) is 37.1 Å². The summed E-state index contributed by atoms with van der Waals surface area (Å²) in [5, 5.41) is 14.4. The van der Waals surface area contributed by atoms with Gasteiger partial charge in [0.15, 0.2) is 0 Å². The molecule has 0 bridgehead atoms. The molecule has 1 aromatic carbocycles. The van der Waals surface area contributed by atoms with Crippen LogP contribution in [0, 0.1) is 0 Å². The summed E-state index contributed by atoms with van der Waals surface area (Å²) in [6.45, 7) is 1.16. The summed E-state index contributed by atoms with van der Waals surface area (Å²) in [4.78, 5) is 23.4. The number of aromatic nitrogens is 2. The molecule has 35 heavy (non-hydrogen) atoms. The summed E-state index contributed by atoms with van der Waals surface area (Å²) in [5.41, 5.74) is -1.20. The maximum absolute atomic E-state index is 13.2. The second-order valence-electron chi connectivity index (χ2n) is 8.96. The zero-order chi connectivity index (χ0) is 24.8. The van der Waals surface area contributed by atoms with Gasteiger partial charge in [-0.15, -0.1) is 0 Å². The van der Waals surface area contributed by atoms with Crippen LogP contribution in [-0.4, -0.2) is 46.3 Å². The van der Waals surface area contributed by atoms with Crippen molar-refractivity contribution >= 4 is 17.7 Å². The first-order valence-corrected chi connectivity index (χ1v) is 11.9. The number of urea groups is 1. The fourth-order valence-electron chi connectivity index (χ4n) is 4.55. The topological polar surface area (TPSA) is 99.6 Å². The minimum Gasteiger partial charge on any atom is -0.474 e. The Morgan fingerprint density at radius 3 is 2.54 bits per heavy atom. The van der Waals surface area contributed by atoms with Crippen molar-refractivity contribution < 1.29 is 27.8 Å². The summed E-state index contributed by atoms with van der Waals surface area (Å²) in [6, 6.07) is 4.40. The molecular weight excluding hydrogens is 463 g/mol. The number of benzene rings is 1. The van der Waals surface area contributed by atoms with Crippen LogP contribution in [-0.2, 0) is 12.8 Å². The SMILES string of the molecule is O=C(Nc1ccc(CO)c(C(F)(F)F)c1)NC1CCC(Oc2ccnc(N3CCCCC3)n2)CC1. The molecule has 1 aromatic heterocycles. The van der Waals surface area contributed by atoms with Crippen molar-refractivity contribution in [2.24, 2.45) is 0 Å². The zero-order valence-corrected chi connectivity index (χ0v) is 19.4. The molecular formula is C24H30F3N5O3. The van der Waals surface area contributed by atoms with Gasteiger partial charge in [0.2, 0.25) is 11.8 Å². The van der Waals surface area contributed by atoms with Crippen molar-refractivity contribution in [3.05, 3.63) is 41.6 Å². The number of hydrogen-bond acceptors (Lipinski definition) is 6. The summed E-state index contributed by atoms with van der Waals surface area (Å²) in [5.74, 6) is 1.23. The van der Waals surface area contributed by atoms with Gasteiger partial charge in [-0.2, -0.15) is 18.2 Å². The van der Waals surface area contributed by atoms with E-state index in [9.17, 15) is 18.0 Å². The van der Waals surface area contributed by atoms with E-state index in [2.05, 4.69) is 25.5 Å². The lowest BCUT2D eigenvalue weighted by atomic mass is 9.93. The van der Waals surface area contributed by atoms with Crippen molar-refractivity contribution in [1.29, 1.82) is 0 Å². The van der Waals surface area contributed by atoms with Crippen LogP contribution >= 0.6 is 0 Å². The number of anilines is 2. The van der Waals surface area contributed by atoms with Gasteiger partial charge >= 0.3 is 12.2 Å². The van der Waals surface area contributed by atoms with E-state index in [0.717, 1.165) is 50.9 Å². The van der Waals surface area contributed by atoms with Crippen molar-refractivity contribution in [2.45, 2.75) is 69.9 Å². The number of aliphatic hydroxyl groups excluding tert-OH is 1. The maximum atomic E-state index is 13.2. The van der Waals surface area contributed by atoms with Crippen LogP contribution in [0.5, 0.6) is 5.88 Å². The largest absolute Gasteiger partial charge is 0.474 e. The second-order valence-corrected chi connectivity index (χ2v) is 8.96. The van der Waals surface area contributed by atoms with Crippen molar-refractivity contribution in [3.8, 4) is 5.88 Å². The smallest absolute Gasteiger partial charge is 0.416 e. The Kier molecular flexibility index (Phi) is 7.94. The third kappa shape index (κ3) is 6.74. The molecule has 0 spiro atoms. The van der Waals surface area contributed by atoms with E-state index < -0.39 is 24.4 Å². The predicted octanol–water partition coefficient (Wildman–Crippen LogP) is 4.49. The monoisotopic (exact) mass is 493 g/mol. The van der Waals surface area contributed by atoms with Gasteiger partial charge < -0.3 is 25.4 Å². The fourth-order valence-corrected chi connectivity index (χ4v) is 4.55. The Hall–Kier alpha value is -3.08. The minimum atomic E-state index is -4.62. The van der Waals surface area contributed by atoms with Crippen LogP contribution in [0.15, 0.2) is 30.5 Å². The van der Waals surface area contributed by atoms with Gasteiger partial charge in [-0.3, -0.25) is 0 Å². The van der Waals surface area contributed by atoms with Crippen LogP contribution in [0.1, 0.15) is 56.1 Å². The number of halogens is 3. The van der Waals surface area contributed by atoms with Crippen LogP contribution in [0.4, 0.5) is 29.6 Å². The molecule has 11 heteroatoms. The molecule has 2 amide bonds. The second kappa shape index (κ2) is 11.1. The molecule has 3 N–H and O–H groups in total. The standard InChI is InChI=1S/C24H30F3N5O3/c25-24(26,27)20-14-18(5-4-16(20)15-33)30-23(34)29-17-6-8-19(9-7-17)35-21-10-11-28-22(31-21)32-12-2-1-3-13-32/h4-5,10-11,14,17,19,33H,1-3,6-9,12-13,15H2,(H2,29,30,34). The number of alkyl halides is 3. The van der Waals surface area contributed by atoms with Crippen molar-refractivity contribution in [1.82, 2.24) is 15.3 Å². The number of nitrogens with one attached hydrogen (secondary N) is 2. The molecule has 1 aliphatic carbocycles. The first-order valence-electron chi connectivity index (χ1n) is 11.9. The molecule has 0 atom stereocenters. The Bertz CT molecular complexity index is 1010. The van der Waals surface area contributed by atoms with Crippen molar-refractivity contribution in [3.63, 3.8) is 0 Å². The third-order valence-electron chi connectivity index (χ3n) is 6.40. The maximum Gasteiger partial charge on any atom is 0.416 e. The lowest BCUT2D eigenvalue weighted by Gasteiger charge is -2.30. The molecule has 2 fully saturated rings. The molecule has 4 rings (SSSR count). The average molecular weight is 494 g/mol. The number of piperidine rings is 1. The van der Waals surface area contributed by atoms with Crippen molar-refractivity contribution in [2.75, 3.05) is 23.3 Å². The zero-order valence-electron chi connectivity index (χ0n) is 19.4. The Morgan fingerprint density at radius 2 is 1.86 bits per heavy atom. The molecule has 2 heterocycles. The highest BCUT2D eigenvalue weighted by atomic mass is 19.4. The van der Waals surface area contributed by atoms with E-state index in [1.165, 1.54) is 12.5 Å². The molecule has 1 saturated carbocycles. The van der Waals surface area contributed by atoms with Crippen LogP contribution in [0.25, 0.3) is 0 Å². The number of aliphatic hydroxyl groups is 1. The first kappa shape index (κ1) is 25.0. The average Bonchev–Trinajstić information content (AvgIpc) is 2.85. The van der Waals surface area contributed by atoms with Crippen LogP contribution in [0.2, 0.25) is 0 Å². The molecule has 0 radical (unpaired) electrons. The Morgan fingerprint density at radius 1 is 1.11 bits per heavy atom.